The third-order valence-corrected chi connectivity index (χ3v) is 12.2. The Kier molecular flexibility index (Phi) is 7.96. The van der Waals surface area contributed by atoms with Crippen molar-refractivity contribution in [1.29, 1.82) is 0 Å². The van der Waals surface area contributed by atoms with Gasteiger partial charge in [0.05, 0.1) is 22.4 Å². The molecule has 2 unspecified atom stereocenters. The SMILES string of the molecule is CCC1C(c2ccccc2)=NC(c2ccc3c4ccccc4c4cccc(-c5ccc6c7ccccc7n(-c7ccccc7)c6c5)c4c3c2)=CC1c1ccccc1. The normalized spacial score (nSPS) is 15.7. The smallest absolute Gasteiger partial charge is 0.0672 e. The maximum atomic E-state index is 5.55. The average molecular weight is 729 g/mol. The maximum absolute atomic E-state index is 5.55. The molecule has 10 aromatic rings. The van der Waals surface area contributed by atoms with Crippen molar-refractivity contribution in [3.63, 3.8) is 0 Å². The van der Waals surface area contributed by atoms with Crippen LogP contribution >= 0.6 is 0 Å². The van der Waals surface area contributed by atoms with Crippen LogP contribution in [-0.2, 0) is 0 Å². The van der Waals surface area contributed by atoms with Crippen LogP contribution < -0.4 is 0 Å². The Balaban J connectivity index is 1.18. The Labute approximate surface area is 332 Å². The van der Waals surface area contributed by atoms with Gasteiger partial charge in [-0.05, 0) is 97.4 Å². The Bertz CT molecular complexity index is 3210. The zero-order chi connectivity index (χ0) is 37.9. The van der Waals surface area contributed by atoms with Crippen LogP contribution in [0.2, 0.25) is 0 Å². The molecule has 1 aliphatic rings. The summed E-state index contributed by atoms with van der Waals surface area (Å²) in [6.45, 7) is 2.30. The second-order valence-electron chi connectivity index (χ2n) is 15.3. The zero-order valence-electron chi connectivity index (χ0n) is 31.8. The molecule has 0 saturated heterocycles. The van der Waals surface area contributed by atoms with Crippen molar-refractivity contribution < 1.29 is 0 Å². The van der Waals surface area contributed by atoms with Gasteiger partial charge in [0.1, 0.15) is 0 Å². The third kappa shape index (κ3) is 5.44. The number of aromatic nitrogens is 1. The molecule has 57 heavy (non-hydrogen) atoms. The lowest BCUT2D eigenvalue weighted by Gasteiger charge is -2.31. The van der Waals surface area contributed by atoms with E-state index < -0.39 is 0 Å². The summed E-state index contributed by atoms with van der Waals surface area (Å²) < 4.78 is 2.41. The molecule has 1 aromatic heterocycles. The van der Waals surface area contributed by atoms with Gasteiger partial charge in [-0.3, -0.25) is 4.99 Å². The summed E-state index contributed by atoms with van der Waals surface area (Å²) in [7, 11) is 0. The van der Waals surface area contributed by atoms with Gasteiger partial charge >= 0.3 is 0 Å². The van der Waals surface area contributed by atoms with Gasteiger partial charge in [0.2, 0.25) is 0 Å². The Morgan fingerprint density at radius 3 is 1.82 bits per heavy atom. The molecule has 2 heteroatoms. The first-order valence-corrected chi connectivity index (χ1v) is 20.1. The number of rotatable bonds is 6. The zero-order valence-corrected chi connectivity index (χ0v) is 31.8. The fraction of sp³-hybridized carbons (Fsp3) is 0.0727. The molecule has 0 radical (unpaired) electrons. The van der Waals surface area contributed by atoms with Gasteiger partial charge in [-0.25, -0.2) is 0 Å². The Morgan fingerprint density at radius 1 is 0.456 bits per heavy atom. The van der Waals surface area contributed by atoms with E-state index in [2.05, 4.69) is 212 Å². The van der Waals surface area contributed by atoms with Crippen LogP contribution in [0.4, 0.5) is 0 Å². The van der Waals surface area contributed by atoms with E-state index in [-0.39, 0.29) is 11.8 Å². The van der Waals surface area contributed by atoms with Crippen molar-refractivity contribution in [1.82, 2.24) is 4.57 Å². The van der Waals surface area contributed by atoms with E-state index in [1.165, 1.54) is 76.4 Å². The van der Waals surface area contributed by atoms with E-state index in [0.29, 0.717) is 0 Å². The van der Waals surface area contributed by atoms with Gasteiger partial charge in [0.15, 0.2) is 0 Å². The van der Waals surface area contributed by atoms with Crippen LogP contribution in [0.3, 0.4) is 0 Å². The molecule has 0 amide bonds. The number of aliphatic imine (C=N–C) groups is 1. The van der Waals surface area contributed by atoms with Crippen LogP contribution in [0.25, 0.3) is 76.6 Å². The van der Waals surface area contributed by atoms with E-state index in [0.717, 1.165) is 29.1 Å². The number of para-hydroxylation sites is 2. The van der Waals surface area contributed by atoms with Crippen molar-refractivity contribution in [2.24, 2.45) is 10.9 Å². The standard InChI is InChI=1S/C55H40N2/c1-2-41-49(36-17-6-3-7-18-36)35-51(56-55(41)37-19-8-4-9-20-37)39-30-31-45-43-23-12-13-24-44(43)48-27-16-26-42(54(48)50(45)33-39)38-29-32-47-46-25-14-15-28-52(46)57(53(47)34-38)40-21-10-5-11-22-40/h3-35,41,49H,2H2,1H3. The summed E-state index contributed by atoms with van der Waals surface area (Å²) in [6.07, 6.45) is 3.43. The molecular weight excluding hydrogens is 689 g/mol. The summed E-state index contributed by atoms with van der Waals surface area (Å²) in [5.74, 6) is 0.485. The fourth-order valence-electron chi connectivity index (χ4n) is 9.60. The molecule has 2 atom stereocenters. The quantitative estimate of drug-likeness (QED) is 0.152. The number of hydrogen-bond donors (Lipinski definition) is 0. The first kappa shape index (κ1) is 33.3. The van der Waals surface area contributed by atoms with Crippen molar-refractivity contribution in [3.8, 4) is 16.8 Å². The van der Waals surface area contributed by atoms with E-state index in [9.17, 15) is 0 Å². The predicted molar refractivity (Wildman–Crippen MR) is 243 cm³/mol. The molecule has 11 rings (SSSR count). The summed E-state index contributed by atoms with van der Waals surface area (Å²) in [5.41, 5.74) is 11.9. The number of hydrogen-bond acceptors (Lipinski definition) is 1. The van der Waals surface area contributed by atoms with Gasteiger partial charge in [0.25, 0.3) is 0 Å². The monoisotopic (exact) mass is 728 g/mol. The van der Waals surface area contributed by atoms with Crippen LogP contribution in [0, 0.1) is 5.92 Å². The highest BCUT2D eigenvalue weighted by Gasteiger charge is 2.30. The summed E-state index contributed by atoms with van der Waals surface area (Å²) in [4.78, 5) is 5.55. The molecule has 270 valence electrons. The molecule has 1 aliphatic heterocycles. The van der Waals surface area contributed by atoms with Crippen LogP contribution in [0.1, 0.15) is 36.0 Å². The second-order valence-corrected chi connectivity index (χ2v) is 15.3. The molecule has 0 aliphatic carbocycles. The Hall–Kier alpha value is -7.03. The molecule has 0 spiro atoms. The van der Waals surface area contributed by atoms with Crippen molar-refractivity contribution in [2.75, 3.05) is 0 Å². The minimum absolute atomic E-state index is 0.210. The first-order chi connectivity index (χ1) is 28.2. The molecule has 9 aromatic carbocycles. The lowest BCUT2D eigenvalue weighted by Crippen LogP contribution is -2.25. The lowest BCUT2D eigenvalue weighted by molar-refractivity contribution is 0.593. The average Bonchev–Trinajstić information content (AvgIpc) is 3.62. The number of fused-ring (bicyclic) bond motifs is 9. The van der Waals surface area contributed by atoms with Crippen LogP contribution in [-0.4, -0.2) is 10.3 Å². The number of allylic oxidation sites excluding steroid dienone is 1. The molecule has 0 bridgehead atoms. The molecule has 2 heterocycles. The van der Waals surface area contributed by atoms with Gasteiger partial charge in [-0.15, -0.1) is 0 Å². The third-order valence-electron chi connectivity index (χ3n) is 12.2. The van der Waals surface area contributed by atoms with Crippen LogP contribution in [0.15, 0.2) is 205 Å². The van der Waals surface area contributed by atoms with Crippen molar-refractivity contribution in [2.45, 2.75) is 19.3 Å². The minimum atomic E-state index is 0.210. The molecule has 0 fully saturated rings. The molecule has 0 N–H and O–H groups in total. The number of nitrogens with zero attached hydrogens (tertiary/aromatic N) is 2. The molecular formula is C55H40N2. The largest absolute Gasteiger partial charge is 0.309 e. The van der Waals surface area contributed by atoms with Crippen LogP contribution in [0.5, 0.6) is 0 Å². The van der Waals surface area contributed by atoms with E-state index in [1.54, 1.807) is 0 Å². The fourth-order valence-corrected chi connectivity index (χ4v) is 9.60. The van der Waals surface area contributed by atoms with Gasteiger partial charge in [0, 0.05) is 33.9 Å². The summed E-state index contributed by atoms with van der Waals surface area (Å²) in [5, 5.41) is 10.1. The second kappa shape index (κ2) is 13.6. The summed E-state index contributed by atoms with van der Waals surface area (Å²) in [6, 6.07) is 71.1. The van der Waals surface area contributed by atoms with Crippen molar-refractivity contribution >= 4 is 65.5 Å². The highest BCUT2D eigenvalue weighted by molar-refractivity contribution is 6.29. The minimum Gasteiger partial charge on any atom is -0.309 e. The summed E-state index contributed by atoms with van der Waals surface area (Å²) >= 11 is 0. The molecule has 2 nitrogen and oxygen atoms in total. The first-order valence-electron chi connectivity index (χ1n) is 20.1. The van der Waals surface area contributed by atoms with E-state index in [4.69, 9.17) is 4.99 Å². The van der Waals surface area contributed by atoms with Crippen molar-refractivity contribution in [3.05, 3.63) is 217 Å². The van der Waals surface area contributed by atoms with Gasteiger partial charge in [-0.2, -0.15) is 0 Å². The van der Waals surface area contributed by atoms with Gasteiger partial charge in [-0.1, -0.05) is 171 Å². The lowest BCUT2D eigenvalue weighted by atomic mass is 9.76. The van der Waals surface area contributed by atoms with Gasteiger partial charge < -0.3 is 4.57 Å². The maximum Gasteiger partial charge on any atom is 0.0672 e. The Morgan fingerprint density at radius 2 is 1.05 bits per heavy atom. The topological polar surface area (TPSA) is 17.3 Å². The van der Waals surface area contributed by atoms with E-state index in [1.807, 2.05) is 0 Å². The highest BCUT2D eigenvalue weighted by Crippen LogP contribution is 2.44. The number of benzene rings is 9. The predicted octanol–water partition coefficient (Wildman–Crippen LogP) is 14.6. The van der Waals surface area contributed by atoms with E-state index >= 15 is 0 Å². The highest BCUT2D eigenvalue weighted by atomic mass is 15.0. The molecule has 0 saturated carbocycles.